The minimum atomic E-state index is -3.29. The Kier molecular flexibility index (Phi) is 34.1. The van der Waals surface area contributed by atoms with Gasteiger partial charge in [-0.05, 0) is 0 Å². The van der Waals surface area contributed by atoms with E-state index in [1.807, 2.05) is 0 Å². The Hall–Kier alpha value is 0.429. The molecule has 0 aromatic heterocycles. The molecule has 0 atom stereocenters. The minimum Gasteiger partial charge on any atom is 3.00 e. The molecule has 0 spiro atoms. The summed E-state index contributed by atoms with van der Waals surface area (Å²) in [4.78, 5) is 24.8. The van der Waals surface area contributed by atoms with Crippen LogP contribution in [0.1, 0.15) is 0 Å². The number of hydrogen-bond acceptors (Lipinski definition) is 9. The zero-order valence-corrected chi connectivity index (χ0v) is 16.8. The average Bonchev–Trinajstić information content (AvgIpc) is 1.73. The van der Waals surface area contributed by atoms with Gasteiger partial charge in [0.2, 0.25) is 0 Å². The van der Waals surface area contributed by atoms with Crippen molar-refractivity contribution in [1.82, 2.24) is 0 Å². The average molecular weight is 561 g/mol. The van der Waals surface area contributed by atoms with Crippen LogP contribution < -0.4 is 0 Å². The van der Waals surface area contributed by atoms with Crippen LogP contribution in [-0.4, -0.2) is 55.0 Å². The van der Waals surface area contributed by atoms with Gasteiger partial charge in [0, 0.05) is 0 Å². The largest absolute Gasteiger partial charge is 3.00 e. The summed E-state index contributed by atoms with van der Waals surface area (Å²) in [5.74, 6) is 0. The van der Waals surface area contributed by atoms with E-state index in [4.69, 9.17) is 81.6 Å². The molecule has 0 aliphatic heterocycles. The third kappa shape index (κ3) is 21300. The van der Waals surface area contributed by atoms with E-state index in [0.717, 1.165) is 0 Å². The number of rotatable bonds is 0. The van der Waals surface area contributed by atoms with Crippen LogP contribution in [0.5, 0.6) is 0 Å². The fourth-order valence-corrected chi connectivity index (χ4v) is 0. The summed E-state index contributed by atoms with van der Waals surface area (Å²) in [5.41, 5.74) is 0. The predicted molar refractivity (Wildman–Crippen MR) is 66.0 cm³/mol. The quantitative estimate of drug-likeness (QED) is 0.237. The van der Waals surface area contributed by atoms with E-state index in [0.29, 0.717) is 0 Å². The molecule has 0 fully saturated rings. The van der Waals surface area contributed by atoms with Crippen molar-refractivity contribution >= 4 is 75.4 Å². The van der Waals surface area contributed by atoms with Crippen LogP contribution in [0.3, 0.4) is 0 Å². The molecule has 0 saturated carbocycles. The molecule has 0 N–H and O–H groups in total. The Morgan fingerprint density at radius 2 is 0.611 bits per heavy atom. The summed E-state index contributed by atoms with van der Waals surface area (Å²) in [6.45, 7) is 0. The fourth-order valence-electron chi connectivity index (χ4n) is 0. The molecule has 104 valence electrons. The maximum absolute atomic E-state index is 8.25. The van der Waals surface area contributed by atoms with Crippen LogP contribution in [0.15, 0.2) is 0 Å². The zero-order chi connectivity index (χ0) is 15.2. The van der Waals surface area contributed by atoms with Crippen LogP contribution in [0, 0.1) is 46.0 Å². The molecule has 0 saturated heterocycles. The first-order valence-electron chi connectivity index (χ1n) is 2.40. The van der Waals surface area contributed by atoms with Crippen LogP contribution in [0.25, 0.3) is 0 Å². The molecule has 18 heteroatoms. The van der Waals surface area contributed by atoms with E-state index in [1.165, 1.54) is 0 Å². The maximum Gasteiger partial charge on any atom is 3.00 e. The van der Waals surface area contributed by atoms with E-state index in [-0.39, 0.29) is 25.8 Å². The van der Waals surface area contributed by atoms with Gasteiger partial charge in [-0.2, -0.15) is 0 Å². The van der Waals surface area contributed by atoms with Gasteiger partial charge in [0.25, 0.3) is 0 Å². The van der Waals surface area contributed by atoms with Gasteiger partial charge in [0.05, 0.1) is 15.3 Å². The molecule has 0 aliphatic rings. The predicted octanol–water partition coefficient (Wildman–Crippen LogP) is 1.28. The molecule has 0 aliphatic carbocycles. The summed E-state index contributed by atoms with van der Waals surface area (Å²) in [5, 5.41) is 44.2. The number of nitrogens with zero attached hydrogens (tertiary/aromatic N) is 3. The first kappa shape index (κ1) is 31.0. The van der Waals surface area contributed by atoms with E-state index in [2.05, 4.69) is 0 Å². The number of hydrogen-bond donors (Lipinski definition) is 0. The summed E-state index contributed by atoms with van der Waals surface area (Å²) in [6.07, 6.45) is 0. The Morgan fingerprint density at radius 1 is 0.611 bits per heavy atom. The molecule has 0 unspecified atom stereocenters. The molecule has 0 heterocycles. The van der Waals surface area contributed by atoms with Crippen molar-refractivity contribution in [2.45, 2.75) is 0 Å². The Bertz CT molecular complexity index is 186. The van der Waals surface area contributed by atoms with Gasteiger partial charge in [-0.3, -0.25) is 0 Å². The van der Waals surface area contributed by atoms with Crippen LogP contribution in [-0.2, 0) is 0 Å². The summed E-state index contributed by atoms with van der Waals surface area (Å²) >= 11 is -3.29. The minimum absolute atomic E-state index is 0. The molecule has 0 bridgehead atoms. The van der Waals surface area contributed by atoms with Crippen LogP contribution in [0.4, 0.5) is 0 Å². The zero-order valence-electron chi connectivity index (χ0n) is 7.61. The Morgan fingerprint density at radius 3 is 0.611 bits per heavy atom. The third-order valence-electron chi connectivity index (χ3n) is 0. The topological polar surface area (TPSA) is 199 Å². The second kappa shape index (κ2) is 19.8. The van der Waals surface area contributed by atoms with E-state index < -0.39 is 29.1 Å². The van der Waals surface area contributed by atoms with Crippen molar-refractivity contribution in [2.24, 2.45) is 0 Å². The molecular weight excluding hydrogens is 561 g/mol. The SMILES string of the molecule is O=[N+]([O-])[O-].O=[N+]([O-])[O-].O=[N+]([O-])[O-].[Cl][Sn]([Cl])([Cl])[Cl].[In+3]. The maximum atomic E-state index is 8.25. The molecule has 0 amide bonds. The van der Waals surface area contributed by atoms with Crippen molar-refractivity contribution < 1.29 is 15.3 Å². The third-order valence-corrected chi connectivity index (χ3v) is 0. The first-order valence-corrected chi connectivity index (χ1v) is 16.9. The van der Waals surface area contributed by atoms with Gasteiger partial charge in [0.15, 0.2) is 0 Å². The van der Waals surface area contributed by atoms with E-state index in [1.54, 1.807) is 0 Å². The molecule has 0 rings (SSSR count). The van der Waals surface area contributed by atoms with Gasteiger partial charge in [0.1, 0.15) is 0 Å². The van der Waals surface area contributed by atoms with Crippen molar-refractivity contribution in [3.8, 4) is 0 Å². The van der Waals surface area contributed by atoms with Crippen molar-refractivity contribution in [1.29, 1.82) is 0 Å². The van der Waals surface area contributed by atoms with Crippen LogP contribution in [0.2, 0.25) is 0 Å². The molecule has 18 heavy (non-hydrogen) atoms. The smallest absolute Gasteiger partial charge is 3.00 e. The normalized spacial score (nSPS) is 7.33. The number of halogens is 4. The molecule has 0 aromatic carbocycles. The van der Waals surface area contributed by atoms with Crippen molar-refractivity contribution in [3.63, 3.8) is 0 Å². The van der Waals surface area contributed by atoms with E-state index in [9.17, 15) is 0 Å². The monoisotopic (exact) mass is 561 g/mol. The van der Waals surface area contributed by atoms with Gasteiger partial charge < -0.3 is 46.0 Å². The molecular formula is Cl4InN3O9Sn. The fraction of sp³-hybridized carbons (Fsp3) is 0. The first-order chi connectivity index (χ1) is 7.20. The summed E-state index contributed by atoms with van der Waals surface area (Å²) in [6, 6.07) is 0. The second-order valence-corrected chi connectivity index (χ2v) is 26.5. The van der Waals surface area contributed by atoms with E-state index >= 15 is 0 Å². The van der Waals surface area contributed by atoms with Gasteiger partial charge in [-0.15, -0.1) is 0 Å². The van der Waals surface area contributed by atoms with Gasteiger partial charge in [-0.1, -0.05) is 0 Å². The van der Waals surface area contributed by atoms with Crippen LogP contribution >= 0.6 is 35.7 Å². The summed E-state index contributed by atoms with van der Waals surface area (Å²) < 4.78 is 0. The molecule has 12 nitrogen and oxygen atoms in total. The van der Waals surface area contributed by atoms with Crippen molar-refractivity contribution in [3.05, 3.63) is 46.0 Å². The molecule has 0 aromatic rings. The second-order valence-electron chi connectivity index (χ2n) is 1.10. The Balaban J connectivity index is -0.0000000412. The standard InChI is InChI=1S/4ClH.In.3NO3.Sn/c;;;;;3*2-1(3)4;/h4*1H;;;;;/q;;;;+3;3*-1;+4/p-4. The van der Waals surface area contributed by atoms with Crippen molar-refractivity contribution in [2.75, 3.05) is 0 Å². The summed E-state index contributed by atoms with van der Waals surface area (Å²) in [7, 11) is 20.1. The Labute approximate surface area is 135 Å². The molecule has 0 radical (unpaired) electrons. The van der Waals surface area contributed by atoms with Gasteiger partial charge in [-0.25, -0.2) is 0 Å². The van der Waals surface area contributed by atoms with Gasteiger partial charge >= 0.3 is 75.4 Å².